The molecule has 1 atom stereocenters. The van der Waals surface area contributed by atoms with Crippen molar-refractivity contribution in [1.29, 1.82) is 0 Å². The van der Waals surface area contributed by atoms with Crippen LogP contribution in [0, 0.1) is 0 Å². The van der Waals surface area contributed by atoms with Crippen LogP contribution in [0.1, 0.15) is 17.3 Å². The standard InChI is InChI=1S/C25H23N5O/c1-18-17-29(15-16-30(18)25(31)19-9-3-2-4-10-19)24-21-12-6-5-11-20(21)23(27-28-24)22-13-7-8-14-26-22/h2-14,18H,15-17H2,1H3/t18-/m0/s1. The van der Waals surface area contributed by atoms with Crippen molar-refractivity contribution in [2.75, 3.05) is 24.5 Å². The van der Waals surface area contributed by atoms with Crippen LogP contribution in [0.3, 0.4) is 0 Å². The highest BCUT2D eigenvalue weighted by Gasteiger charge is 2.29. The molecule has 4 aromatic rings. The van der Waals surface area contributed by atoms with Gasteiger partial charge in [0.15, 0.2) is 5.82 Å². The highest BCUT2D eigenvalue weighted by Crippen LogP contribution is 2.31. The number of benzene rings is 2. The fourth-order valence-electron chi connectivity index (χ4n) is 4.21. The lowest BCUT2D eigenvalue weighted by Crippen LogP contribution is -2.54. The summed E-state index contributed by atoms with van der Waals surface area (Å²) in [5, 5.41) is 11.2. The van der Waals surface area contributed by atoms with E-state index in [9.17, 15) is 4.79 Å². The summed E-state index contributed by atoms with van der Waals surface area (Å²) in [6, 6.07) is 23.5. The summed E-state index contributed by atoms with van der Waals surface area (Å²) in [6.07, 6.45) is 1.77. The van der Waals surface area contributed by atoms with Gasteiger partial charge in [0.2, 0.25) is 0 Å². The number of nitrogens with zero attached hydrogens (tertiary/aromatic N) is 5. The SMILES string of the molecule is C[C@H]1CN(c2nnc(-c3ccccn3)c3ccccc23)CCN1C(=O)c1ccccc1. The third-order valence-electron chi connectivity index (χ3n) is 5.78. The Kier molecular flexibility index (Phi) is 5.04. The van der Waals surface area contributed by atoms with Crippen molar-refractivity contribution in [2.45, 2.75) is 13.0 Å². The number of carbonyl (C=O) groups is 1. The molecule has 6 heteroatoms. The van der Waals surface area contributed by atoms with Crippen LogP contribution in [0.5, 0.6) is 0 Å². The first kappa shape index (κ1) is 19.2. The average molecular weight is 409 g/mol. The number of aromatic nitrogens is 3. The number of anilines is 1. The summed E-state index contributed by atoms with van der Waals surface area (Å²) in [5.74, 6) is 0.933. The van der Waals surface area contributed by atoms with Gasteiger partial charge in [0.1, 0.15) is 5.69 Å². The average Bonchev–Trinajstić information content (AvgIpc) is 2.84. The zero-order chi connectivity index (χ0) is 21.2. The highest BCUT2D eigenvalue weighted by atomic mass is 16.2. The predicted molar refractivity (Wildman–Crippen MR) is 122 cm³/mol. The molecular weight excluding hydrogens is 386 g/mol. The first-order valence-electron chi connectivity index (χ1n) is 10.5. The van der Waals surface area contributed by atoms with Gasteiger partial charge in [-0.25, -0.2) is 0 Å². The van der Waals surface area contributed by atoms with Crippen molar-refractivity contribution in [3.05, 3.63) is 84.6 Å². The van der Waals surface area contributed by atoms with E-state index in [-0.39, 0.29) is 11.9 Å². The molecule has 1 aliphatic heterocycles. The van der Waals surface area contributed by atoms with Gasteiger partial charge in [-0.3, -0.25) is 9.78 Å². The Bertz CT molecular complexity index is 1210. The van der Waals surface area contributed by atoms with E-state index in [0.29, 0.717) is 19.6 Å². The molecule has 3 heterocycles. The summed E-state index contributed by atoms with van der Waals surface area (Å²) in [5.41, 5.74) is 2.32. The molecule has 31 heavy (non-hydrogen) atoms. The maximum atomic E-state index is 12.9. The minimum atomic E-state index is 0.0671. The van der Waals surface area contributed by atoms with E-state index in [4.69, 9.17) is 0 Å². The van der Waals surface area contributed by atoms with Crippen LogP contribution in [0.2, 0.25) is 0 Å². The van der Waals surface area contributed by atoms with Crippen molar-refractivity contribution in [1.82, 2.24) is 20.1 Å². The van der Waals surface area contributed by atoms with E-state index in [1.54, 1.807) is 6.20 Å². The zero-order valence-electron chi connectivity index (χ0n) is 17.3. The summed E-state index contributed by atoms with van der Waals surface area (Å²) in [6.45, 7) is 4.16. The second kappa shape index (κ2) is 8.14. The Morgan fingerprint density at radius 3 is 2.35 bits per heavy atom. The molecule has 154 valence electrons. The van der Waals surface area contributed by atoms with E-state index in [0.717, 1.165) is 33.5 Å². The highest BCUT2D eigenvalue weighted by molar-refractivity contribution is 6.00. The van der Waals surface area contributed by atoms with Crippen LogP contribution in [0.15, 0.2) is 79.0 Å². The topological polar surface area (TPSA) is 62.2 Å². The van der Waals surface area contributed by atoms with Gasteiger partial charge in [-0.1, -0.05) is 48.5 Å². The van der Waals surface area contributed by atoms with E-state index < -0.39 is 0 Å². The fourth-order valence-corrected chi connectivity index (χ4v) is 4.21. The molecule has 0 N–H and O–H groups in total. The maximum absolute atomic E-state index is 12.9. The van der Waals surface area contributed by atoms with E-state index >= 15 is 0 Å². The molecule has 2 aromatic heterocycles. The molecule has 0 spiro atoms. The number of carbonyl (C=O) groups excluding carboxylic acids is 1. The fraction of sp³-hybridized carbons (Fsp3) is 0.200. The van der Waals surface area contributed by atoms with Gasteiger partial charge in [-0.2, -0.15) is 0 Å². The van der Waals surface area contributed by atoms with Gasteiger partial charge in [0.05, 0.1) is 5.69 Å². The third-order valence-corrected chi connectivity index (χ3v) is 5.78. The molecule has 0 unspecified atom stereocenters. The van der Waals surface area contributed by atoms with E-state index in [2.05, 4.69) is 39.1 Å². The molecule has 0 radical (unpaired) electrons. The Hall–Kier alpha value is -3.80. The number of fused-ring (bicyclic) bond motifs is 1. The Morgan fingerprint density at radius 1 is 0.871 bits per heavy atom. The number of piperazine rings is 1. The minimum Gasteiger partial charge on any atom is -0.351 e. The van der Waals surface area contributed by atoms with Crippen molar-refractivity contribution < 1.29 is 4.79 Å². The number of amides is 1. The van der Waals surface area contributed by atoms with E-state index in [1.165, 1.54) is 0 Å². The first-order chi connectivity index (χ1) is 15.2. The number of pyridine rings is 1. The molecule has 0 bridgehead atoms. The molecule has 5 rings (SSSR count). The first-order valence-corrected chi connectivity index (χ1v) is 10.5. The van der Waals surface area contributed by atoms with Crippen LogP contribution in [0.4, 0.5) is 5.82 Å². The van der Waals surface area contributed by atoms with Gasteiger partial charge >= 0.3 is 0 Å². The largest absolute Gasteiger partial charge is 0.351 e. The predicted octanol–water partition coefficient (Wildman–Crippen LogP) is 4.04. The van der Waals surface area contributed by atoms with Crippen LogP contribution in [-0.4, -0.2) is 51.7 Å². The molecule has 1 amide bonds. The third kappa shape index (κ3) is 3.61. The van der Waals surface area contributed by atoms with E-state index in [1.807, 2.05) is 65.6 Å². The van der Waals surface area contributed by atoms with Gasteiger partial charge in [-0.05, 0) is 31.2 Å². The monoisotopic (exact) mass is 409 g/mol. The number of hydrogen-bond acceptors (Lipinski definition) is 5. The second-order valence-corrected chi connectivity index (χ2v) is 7.79. The second-order valence-electron chi connectivity index (χ2n) is 7.79. The molecule has 0 saturated carbocycles. The lowest BCUT2D eigenvalue weighted by Gasteiger charge is -2.40. The van der Waals surface area contributed by atoms with Crippen molar-refractivity contribution in [2.24, 2.45) is 0 Å². The maximum Gasteiger partial charge on any atom is 0.254 e. The summed E-state index contributed by atoms with van der Waals surface area (Å²) < 4.78 is 0. The van der Waals surface area contributed by atoms with Gasteiger partial charge in [0.25, 0.3) is 5.91 Å². The Labute approximate surface area is 181 Å². The van der Waals surface area contributed by atoms with Gasteiger partial charge < -0.3 is 9.80 Å². The van der Waals surface area contributed by atoms with Crippen LogP contribution in [0.25, 0.3) is 22.2 Å². The normalized spacial score (nSPS) is 16.5. The lowest BCUT2D eigenvalue weighted by molar-refractivity contribution is 0.0674. The van der Waals surface area contributed by atoms with Gasteiger partial charge in [0, 0.05) is 48.2 Å². The van der Waals surface area contributed by atoms with Crippen LogP contribution >= 0.6 is 0 Å². The molecular formula is C25H23N5O. The Balaban J connectivity index is 1.44. The zero-order valence-corrected chi connectivity index (χ0v) is 17.3. The molecule has 2 aromatic carbocycles. The minimum absolute atomic E-state index is 0.0671. The molecule has 6 nitrogen and oxygen atoms in total. The molecule has 0 aliphatic carbocycles. The smallest absolute Gasteiger partial charge is 0.254 e. The molecule has 1 aliphatic rings. The summed E-state index contributed by atoms with van der Waals surface area (Å²) >= 11 is 0. The summed E-state index contributed by atoms with van der Waals surface area (Å²) in [4.78, 5) is 21.6. The number of rotatable bonds is 3. The van der Waals surface area contributed by atoms with Gasteiger partial charge in [-0.15, -0.1) is 10.2 Å². The summed E-state index contributed by atoms with van der Waals surface area (Å²) in [7, 11) is 0. The van der Waals surface area contributed by atoms with Crippen LogP contribution < -0.4 is 4.90 Å². The van der Waals surface area contributed by atoms with Crippen molar-refractivity contribution in [3.63, 3.8) is 0 Å². The molecule has 1 fully saturated rings. The molecule has 1 saturated heterocycles. The number of hydrogen-bond donors (Lipinski definition) is 0. The Morgan fingerprint density at radius 2 is 1.61 bits per heavy atom. The van der Waals surface area contributed by atoms with Crippen LogP contribution in [-0.2, 0) is 0 Å². The quantitative estimate of drug-likeness (QED) is 0.511. The van der Waals surface area contributed by atoms with Crippen molar-refractivity contribution >= 4 is 22.5 Å². The lowest BCUT2D eigenvalue weighted by atomic mass is 10.1. The van der Waals surface area contributed by atoms with Crippen molar-refractivity contribution in [3.8, 4) is 11.4 Å².